The molecule has 3 rings (SSSR count). The maximum atomic E-state index is 12.6. The van der Waals surface area contributed by atoms with Crippen LogP contribution in [-0.2, 0) is 11.2 Å². The number of hydrazone groups is 1. The molecule has 1 atom stereocenters. The first-order valence-corrected chi connectivity index (χ1v) is 8.96. The molecule has 0 bridgehead atoms. The Morgan fingerprint density at radius 2 is 1.93 bits per heavy atom. The minimum atomic E-state index is -0.835. The van der Waals surface area contributed by atoms with Crippen LogP contribution in [-0.4, -0.2) is 41.1 Å². The second-order valence-corrected chi connectivity index (χ2v) is 6.18. The number of nitrogens with one attached hydrogen (secondary N) is 3. The highest BCUT2D eigenvalue weighted by Gasteiger charge is 2.22. The molecule has 0 unspecified atom stereocenters. The summed E-state index contributed by atoms with van der Waals surface area (Å²) in [6.07, 6.45) is 4.90. The predicted octanol–water partition coefficient (Wildman–Crippen LogP) is 1.91. The fourth-order valence-corrected chi connectivity index (χ4v) is 2.60. The van der Waals surface area contributed by atoms with Gasteiger partial charge in [0.05, 0.1) is 19.7 Å². The molecule has 0 aliphatic carbocycles. The maximum Gasteiger partial charge on any atom is 0.263 e. The lowest BCUT2D eigenvalue weighted by molar-refractivity contribution is -0.122. The zero-order valence-corrected chi connectivity index (χ0v) is 15.8. The van der Waals surface area contributed by atoms with Crippen LogP contribution in [0.5, 0.6) is 5.75 Å². The minimum absolute atomic E-state index is 0.245. The number of carbonyl (C=O) groups is 2. The van der Waals surface area contributed by atoms with E-state index in [9.17, 15) is 9.59 Å². The molecule has 0 radical (unpaired) electrons. The van der Waals surface area contributed by atoms with Gasteiger partial charge >= 0.3 is 0 Å². The van der Waals surface area contributed by atoms with E-state index < -0.39 is 11.9 Å². The number of methoxy groups -OCH3 is 1. The third kappa shape index (κ3) is 5.77. The second-order valence-electron chi connectivity index (χ2n) is 6.18. The fraction of sp³-hybridized carbons (Fsp3) is 0.143. The van der Waals surface area contributed by atoms with E-state index in [4.69, 9.17) is 4.74 Å². The number of benzene rings is 2. The third-order valence-corrected chi connectivity index (χ3v) is 4.14. The monoisotopic (exact) mass is 391 g/mol. The van der Waals surface area contributed by atoms with Crippen LogP contribution in [0.15, 0.2) is 72.2 Å². The van der Waals surface area contributed by atoms with Crippen LogP contribution in [0.4, 0.5) is 0 Å². The first-order valence-electron chi connectivity index (χ1n) is 8.96. The smallest absolute Gasteiger partial charge is 0.263 e. The van der Waals surface area contributed by atoms with Crippen molar-refractivity contribution >= 4 is 18.0 Å². The fourth-order valence-electron chi connectivity index (χ4n) is 2.60. The number of nitrogens with zero attached hydrogens (tertiary/aromatic N) is 2. The second kappa shape index (κ2) is 9.84. The number of H-pyrrole nitrogens is 1. The molecule has 0 saturated heterocycles. The lowest BCUT2D eigenvalue weighted by Crippen LogP contribution is -2.46. The van der Waals surface area contributed by atoms with E-state index in [2.05, 4.69) is 25.8 Å². The highest BCUT2D eigenvalue weighted by Crippen LogP contribution is 2.11. The number of imidazole rings is 1. The normalized spacial score (nSPS) is 11.8. The van der Waals surface area contributed by atoms with E-state index in [1.807, 2.05) is 30.3 Å². The molecule has 1 heterocycles. The first-order chi connectivity index (χ1) is 14.2. The summed E-state index contributed by atoms with van der Waals surface area (Å²) in [5.74, 6) is -0.170. The van der Waals surface area contributed by atoms with Crippen LogP contribution in [0.3, 0.4) is 0 Å². The topological polar surface area (TPSA) is 108 Å². The molecule has 0 aliphatic rings. The third-order valence-electron chi connectivity index (χ3n) is 4.14. The predicted molar refractivity (Wildman–Crippen MR) is 109 cm³/mol. The summed E-state index contributed by atoms with van der Waals surface area (Å²) in [6.45, 7) is 0. The van der Waals surface area contributed by atoms with Crippen molar-refractivity contribution in [1.82, 2.24) is 20.7 Å². The number of ether oxygens (including phenoxy) is 1. The van der Waals surface area contributed by atoms with Crippen LogP contribution < -0.4 is 15.5 Å². The van der Waals surface area contributed by atoms with Crippen LogP contribution >= 0.6 is 0 Å². The summed E-state index contributed by atoms with van der Waals surface area (Å²) in [4.78, 5) is 32.1. The van der Waals surface area contributed by atoms with Gasteiger partial charge in [0.2, 0.25) is 0 Å². The van der Waals surface area contributed by atoms with Gasteiger partial charge in [-0.3, -0.25) is 9.59 Å². The lowest BCUT2D eigenvalue weighted by atomic mass is 10.1. The molecular weight excluding hydrogens is 370 g/mol. The average Bonchev–Trinajstić information content (AvgIpc) is 3.27. The zero-order valence-electron chi connectivity index (χ0n) is 15.8. The van der Waals surface area contributed by atoms with Gasteiger partial charge in [-0.05, 0) is 29.8 Å². The van der Waals surface area contributed by atoms with Crippen molar-refractivity contribution in [1.29, 1.82) is 0 Å². The SMILES string of the molecule is COc1ccc(C(=O)N[C@@H](Cc2cnc[nH]2)C(=O)N/N=C/c2ccccc2)cc1. The first kappa shape index (κ1) is 19.8. The molecule has 8 nitrogen and oxygen atoms in total. The molecule has 3 aromatic rings. The highest BCUT2D eigenvalue weighted by atomic mass is 16.5. The lowest BCUT2D eigenvalue weighted by Gasteiger charge is -2.16. The van der Waals surface area contributed by atoms with Crippen molar-refractivity contribution in [2.24, 2.45) is 5.10 Å². The number of amides is 2. The van der Waals surface area contributed by atoms with E-state index in [1.54, 1.807) is 37.6 Å². The largest absolute Gasteiger partial charge is 0.497 e. The Balaban J connectivity index is 1.68. The van der Waals surface area contributed by atoms with E-state index in [1.165, 1.54) is 12.5 Å². The number of aromatic nitrogens is 2. The molecule has 2 aromatic carbocycles. The number of hydrogen-bond acceptors (Lipinski definition) is 5. The van der Waals surface area contributed by atoms with E-state index in [-0.39, 0.29) is 12.3 Å². The molecule has 3 N–H and O–H groups in total. The molecular formula is C21H21N5O3. The van der Waals surface area contributed by atoms with Crippen molar-refractivity contribution in [2.45, 2.75) is 12.5 Å². The molecule has 0 saturated carbocycles. The van der Waals surface area contributed by atoms with Crippen LogP contribution in [0, 0.1) is 0 Å². The quantitative estimate of drug-likeness (QED) is 0.403. The molecule has 1 aromatic heterocycles. The summed E-state index contributed by atoms with van der Waals surface area (Å²) in [5.41, 5.74) is 4.46. The molecule has 0 fully saturated rings. The van der Waals surface area contributed by atoms with Gasteiger partial charge in [0, 0.05) is 23.9 Å². The molecule has 148 valence electrons. The van der Waals surface area contributed by atoms with Gasteiger partial charge in [0.25, 0.3) is 11.8 Å². The van der Waals surface area contributed by atoms with Gasteiger partial charge in [-0.1, -0.05) is 30.3 Å². The standard InChI is InChI=1S/C21H21N5O3/c1-29-18-9-7-16(8-10-18)20(27)25-19(11-17-13-22-14-23-17)21(28)26-24-12-15-5-3-2-4-6-15/h2-10,12-14,19H,11H2,1H3,(H,22,23)(H,25,27)(H,26,28)/b24-12+/t19-/m0/s1. The molecule has 2 amide bonds. The minimum Gasteiger partial charge on any atom is -0.497 e. The summed E-state index contributed by atoms with van der Waals surface area (Å²) < 4.78 is 5.10. The van der Waals surface area contributed by atoms with E-state index in [0.717, 1.165) is 5.56 Å². The average molecular weight is 391 g/mol. The van der Waals surface area contributed by atoms with Gasteiger partial charge in [-0.15, -0.1) is 0 Å². The van der Waals surface area contributed by atoms with E-state index in [0.29, 0.717) is 17.0 Å². The van der Waals surface area contributed by atoms with Gasteiger partial charge < -0.3 is 15.0 Å². The van der Waals surface area contributed by atoms with Gasteiger partial charge in [-0.2, -0.15) is 5.10 Å². The summed E-state index contributed by atoms with van der Waals surface area (Å²) in [5, 5.41) is 6.72. The Labute approximate surface area is 168 Å². The van der Waals surface area contributed by atoms with Gasteiger partial charge in [0.1, 0.15) is 11.8 Å². The Kier molecular flexibility index (Phi) is 6.72. The van der Waals surface area contributed by atoms with Crippen molar-refractivity contribution in [3.05, 3.63) is 83.9 Å². The number of hydrogen-bond donors (Lipinski definition) is 3. The zero-order chi connectivity index (χ0) is 20.5. The van der Waals surface area contributed by atoms with E-state index >= 15 is 0 Å². The van der Waals surface area contributed by atoms with Crippen LogP contribution in [0.25, 0.3) is 0 Å². The summed E-state index contributed by atoms with van der Waals surface area (Å²) in [6, 6.07) is 15.2. The Hall–Kier alpha value is -3.94. The van der Waals surface area contributed by atoms with Gasteiger partial charge in [-0.25, -0.2) is 10.4 Å². The Bertz CT molecular complexity index is 954. The Morgan fingerprint density at radius 3 is 2.59 bits per heavy atom. The van der Waals surface area contributed by atoms with Crippen LogP contribution in [0.2, 0.25) is 0 Å². The summed E-state index contributed by atoms with van der Waals surface area (Å²) >= 11 is 0. The molecule has 29 heavy (non-hydrogen) atoms. The number of aromatic amines is 1. The molecule has 0 spiro atoms. The van der Waals surface area contributed by atoms with Gasteiger partial charge in [0.15, 0.2) is 0 Å². The van der Waals surface area contributed by atoms with Crippen molar-refractivity contribution in [3.8, 4) is 5.75 Å². The maximum absolute atomic E-state index is 12.6. The number of carbonyl (C=O) groups excluding carboxylic acids is 2. The van der Waals surface area contributed by atoms with Crippen molar-refractivity contribution in [3.63, 3.8) is 0 Å². The number of rotatable bonds is 8. The molecule has 0 aliphatic heterocycles. The highest BCUT2D eigenvalue weighted by molar-refractivity contribution is 5.97. The molecule has 8 heteroatoms. The summed E-state index contributed by atoms with van der Waals surface area (Å²) in [7, 11) is 1.55. The van der Waals surface area contributed by atoms with Crippen LogP contribution in [0.1, 0.15) is 21.6 Å². The Morgan fingerprint density at radius 1 is 1.17 bits per heavy atom. The van der Waals surface area contributed by atoms with Crippen molar-refractivity contribution < 1.29 is 14.3 Å². The van der Waals surface area contributed by atoms with Crippen molar-refractivity contribution in [2.75, 3.05) is 7.11 Å².